The quantitative estimate of drug-likeness (QED) is 0.0735. The zero-order chi connectivity index (χ0) is 58.0. The fourth-order valence-electron chi connectivity index (χ4n) is 12.3. The summed E-state index contributed by atoms with van der Waals surface area (Å²) in [5.41, 5.74) is 14.3. The third-order valence-corrected chi connectivity index (χ3v) is 21.6. The Balaban J connectivity index is 0.968. The van der Waals surface area contributed by atoms with Gasteiger partial charge in [0.1, 0.15) is 17.3 Å². The molecule has 0 fully saturated rings. The molecule has 84 heavy (non-hydrogen) atoms. The van der Waals surface area contributed by atoms with Gasteiger partial charge in [0.15, 0.2) is 8.07 Å². The first-order valence-electron chi connectivity index (χ1n) is 29.3. The molecule has 0 spiro atoms. The van der Waals surface area contributed by atoms with Crippen LogP contribution in [-0.2, 0) is 16.2 Å². The van der Waals surface area contributed by atoms with E-state index in [1.165, 1.54) is 48.6 Å². The van der Waals surface area contributed by atoms with Crippen molar-refractivity contribution in [1.29, 1.82) is 0 Å². The summed E-state index contributed by atoms with van der Waals surface area (Å²) in [6.45, 7) is 20.6. The summed E-state index contributed by atoms with van der Waals surface area (Å²) in [6, 6.07) is 97.2. The summed E-state index contributed by atoms with van der Waals surface area (Å²) in [6.07, 6.45) is 1.95. The summed E-state index contributed by atoms with van der Waals surface area (Å²) in [5, 5.41) is 7.61. The van der Waals surface area contributed by atoms with Gasteiger partial charge in [-0.05, 0) is 128 Å². The number of aromatic nitrogens is 2. The highest BCUT2D eigenvalue weighted by molar-refractivity contribution is 7.20. The average molecular weight is 1110 g/mol. The van der Waals surface area contributed by atoms with Crippen LogP contribution in [0, 0.1) is 0 Å². The van der Waals surface area contributed by atoms with Gasteiger partial charge in [0.05, 0.1) is 22.7 Å². The fourth-order valence-corrected chi connectivity index (χ4v) is 17.1. The first kappa shape index (κ1) is 53.8. The summed E-state index contributed by atoms with van der Waals surface area (Å²) >= 11 is 0. The van der Waals surface area contributed by atoms with Crippen LogP contribution in [0.5, 0.6) is 11.5 Å². The summed E-state index contributed by atoms with van der Waals surface area (Å²) in [4.78, 5) is 5.12. The minimum Gasteiger partial charge on any atom is -0.457 e. The maximum atomic E-state index is 7.06. The van der Waals surface area contributed by atoms with Gasteiger partial charge in [0, 0.05) is 47.3 Å². The predicted molar refractivity (Wildman–Crippen MR) is 356 cm³/mol. The molecular formula is C78H70N4OSi+2. The molecule has 3 heterocycles. The summed E-state index contributed by atoms with van der Waals surface area (Å²) < 4.78 is 13.9. The summed E-state index contributed by atoms with van der Waals surface area (Å²) in [5.74, 6) is 2.31. The van der Waals surface area contributed by atoms with E-state index in [1.54, 1.807) is 0 Å². The van der Waals surface area contributed by atoms with Crippen LogP contribution < -0.4 is 34.6 Å². The molecule has 0 radical (unpaired) electrons. The van der Waals surface area contributed by atoms with Gasteiger partial charge < -0.3 is 4.74 Å². The lowest BCUT2D eigenvalue weighted by Gasteiger charge is -2.34. The Morgan fingerprint density at radius 3 is 1.60 bits per heavy atom. The molecule has 0 unspecified atom stereocenters. The highest BCUT2D eigenvalue weighted by atomic mass is 28.3. The molecule has 13 rings (SSSR count). The number of hydrogen-bond acceptors (Lipinski definition) is 2. The van der Waals surface area contributed by atoms with E-state index in [2.05, 4.69) is 331 Å². The molecule has 0 saturated heterocycles. The van der Waals surface area contributed by atoms with Crippen molar-refractivity contribution in [2.45, 2.75) is 78.6 Å². The van der Waals surface area contributed by atoms with E-state index in [4.69, 9.17) is 9.72 Å². The molecule has 0 atom stereocenters. The topological polar surface area (TPSA) is 33.1 Å². The number of para-hydroxylation sites is 1. The maximum Gasteiger partial charge on any atom is 0.503 e. The van der Waals surface area contributed by atoms with Crippen molar-refractivity contribution in [2.75, 3.05) is 0 Å². The molecule has 10 aromatic carbocycles. The molecule has 5 nitrogen and oxygen atoms in total. The number of benzene rings is 10. The van der Waals surface area contributed by atoms with E-state index in [9.17, 15) is 0 Å². The normalized spacial score (nSPS) is 12.8. The van der Waals surface area contributed by atoms with E-state index >= 15 is 0 Å². The number of hydrogen-bond donors (Lipinski definition) is 0. The SMILES string of the molecule is CC(C)(C)c1cc([N+]2=C=[N+](c3cccc(Oc4ccc5c6cc([Si](c7ccccc7)(c7ccccc7)c7ccccc7)ccc6n(-c6cc(C(C)(C)C)ccn6)c5c4)c3)c3cccc(-c4cccc(-c5ccccc5)c4)c32)cc(C(C)(C)C)c1. The first-order chi connectivity index (χ1) is 40.5. The van der Waals surface area contributed by atoms with Gasteiger partial charge in [0.25, 0.3) is 5.69 Å². The molecule has 1 aliphatic rings. The molecule has 2 aromatic heterocycles. The predicted octanol–water partition coefficient (Wildman–Crippen LogP) is 17.4. The molecule has 410 valence electrons. The Morgan fingerprint density at radius 1 is 0.393 bits per heavy atom. The lowest BCUT2D eigenvalue weighted by molar-refractivity contribution is 0.483. The second-order valence-electron chi connectivity index (χ2n) is 25.5. The van der Waals surface area contributed by atoms with E-state index in [0.29, 0.717) is 5.75 Å². The van der Waals surface area contributed by atoms with Crippen molar-refractivity contribution in [3.63, 3.8) is 0 Å². The van der Waals surface area contributed by atoms with Crippen molar-refractivity contribution in [1.82, 2.24) is 18.7 Å². The van der Waals surface area contributed by atoms with E-state index < -0.39 is 8.07 Å². The Bertz CT molecular complexity index is 4410. The molecule has 0 N–H and O–H groups in total. The van der Waals surface area contributed by atoms with Crippen LogP contribution >= 0.6 is 0 Å². The molecule has 0 amide bonds. The molecule has 1 aliphatic heterocycles. The Kier molecular flexibility index (Phi) is 13.5. The molecule has 0 bridgehead atoms. The van der Waals surface area contributed by atoms with Crippen LogP contribution in [0.3, 0.4) is 0 Å². The van der Waals surface area contributed by atoms with Gasteiger partial charge in [-0.1, -0.05) is 232 Å². The fraction of sp³-hybridized carbons (Fsp3) is 0.154. The highest BCUT2D eigenvalue weighted by Gasteiger charge is 2.43. The molecule has 6 heteroatoms. The van der Waals surface area contributed by atoms with Crippen molar-refractivity contribution in [3.05, 3.63) is 278 Å². The Morgan fingerprint density at radius 2 is 0.964 bits per heavy atom. The standard InChI is InChI=1S/C78H70N4OSi/c1-76(2,3)57-43-44-79-74(49-57)82-71-42-40-67(84(64-31-16-11-17-32-64,65-33-18-12-19-34-65)66-35-20-13-21-36-66)52-70(71)69-41-39-63(51-73(69)82)83-62-30-23-29-60(50-62)80-53-81(61-47-58(77(4,5)6)46-59(48-61)78(7,8)9)75-68(37-24-38-72(75)80)56-28-22-27-55(45-56)54-25-14-10-15-26-54/h10-52H,1-9H3/q+2. The molecule has 0 aliphatic carbocycles. The van der Waals surface area contributed by atoms with Crippen LogP contribution in [-0.4, -0.2) is 23.6 Å². The lowest BCUT2D eigenvalue weighted by Crippen LogP contribution is -2.74. The van der Waals surface area contributed by atoms with E-state index in [0.717, 1.165) is 67.2 Å². The first-order valence-corrected chi connectivity index (χ1v) is 31.3. The van der Waals surface area contributed by atoms with Crippen molar-refractivity contribution >= 4 is 79.4 Å². The van der Waals surface area contributed by atoms with Gasteiger partial charge in [-0.3, -0.25) is 4.57 Å². The average Bonchev–Trinajstić information content (AvgIpc) is 2.63. The van der Waals surface area contributed by atoms with Crippen LogP contribution in [0.4, 0.5) is 22.7 Å². The monoisotopic (exact) mass is 1110 g/mol. The smallest absolute Gasteiger partial charge is 0.457 e. The third kappa shape index (κ3) is 9.81. The van der Waals surface area contributed by atoms with Crippen LogP contribution in [0.1, 0.15) is 79.0 Å². The zero-order valence-electron chi connectivity index (χ0n) is 49.5. The lowest BCUT2D eigenvalue weighted by atomic mass is 9.80. The molecular weight excluding hydrogens is 1040 g/mol. The third-order valence-electron chi connectivity index (χ3n) is 16.8. The number of rotatable bonds is 11. The maximum absolute atomic E-state index is 7.06. The van der Waals surface area contributed by atoms with Crippen molar-refractivity contribution in [3.8, 4) is 39.6 Å². The second-order valence-corrected chi connectivity index (χ2v) is 29.3. The van der Waals surface area contributed by atoms with Crippen molar-refractivity contribution < 1.29 is 4.74 Å². The molecule has 12 aromatic rings. The number of fused-ring (bicyclic) bond motifs is 4. The Hall–Kier alpha value is -9.45. The van der Waals surface area contributed by atoms with E-state index in [1.807, 2.05) is 12.3 Å². The molecule has 0 saturated carbocycles. The summed E-state index contributed by atoms with van der Waals surface area (Å²) in [7, 11) is -2.85. The van der Waals surface area contributed by atoms with Crippen LogP contribution in [0.25, 0.3) is 49.9 Å². The van der Waals surface area contributed by atoms with Crippen LogP contribution in [0.15, 0.2) is 261 Å². The van der Waals surface area contributed by atoms with Gasteiger partial charge >= 0.3 is 11.7 Å². The largest absolute Gasteiger partial charge is 0.503 e. The zero-order valence-corrected chi connectivity index (χ0v) is 50.5. The van der Waals surface area contributed by atoms with Gasteiger partial charge in [-0.25, -0.2) is 4.98 Å². The Labute approximate surface area is 495 Å². The van der Waals surface area contributed by atoms with Crippen LogP contribution in [0.2, 0.25) is 0 Å². The van der Waals surface area contributed by atoms with Gasteiger partial charge in [-0.15, -0.1) is 0 Å². The number of ether oxygens (including phenoxy) is 1. The number of pyridine rings is 1. The minimum atomic E-state index is -2.85. The number of nitrogens with zero attached hydrogens (tertiary/aromatic N) is 4. The second kappa shape index (κ2) is 21.1. The van der Waals surface area contributed by atoms with E-state index in [-0.39, 0.29) is 16.2 Å². The highest BCUT2D eigenvalue weighted by Crippen LogP contribution is 2.46. The minimum absolute atomic E-state index is 0.0820. The van der Waals surface area contributed by atoms with Gasteiger partial charge in [-0.2, -0.15) is 0 Å². The van der Waals surface area contributed by atoms with Crippen molar-refractivity contribution in [2.24, 2.45) is 0 Å². The van der Waals surface area contributed by atoms with Gasteiger partial charge in [0.2, 0.25) is 11.4 Å².